The maximum absolute atomic E-state index is 14.0. The highest BCUT2D eigenvalue weighted by atomic mass is 32.1. The van der Waals surface area contributed by atoms with Crippen molar-refractivity contribution < 1.29 is 28.5 Å². The van der Waals surface area contributed by atoms with Gasteiger partial charge in [0.1, 0.15) is 11.5 Å². The summed E-state index contributed by atoms with van der Waals surface area (Å²) in [5.74, 6) is 0.944. The number of carbonyl (C=O) groups excluding carboxylic acids is 2. The number of thiazole rings is 1. The molecule has 4 aromatic rings. The standard InChI is InChI=1S/C28H27N3O6S/c1-31-25(15-6-8-16(34-2)9-7-15)24(18-13-21(36-4)22(37-5)14-19(18)27(31)33)26(32)30-28-29-20-11-10-17(35-3)12-23(20)38-28/h6-14,24-25H,1-5H3,(H,29,30,32). The van der Waals surface area contributed by atoms with E-state index in [0.29, 0.717) is 39.3 Å². The number of benzene rings is 3. The summed E-state index contributed by atoms with van der Waals surface area (Å²) in [6, 6.07) is 15.7. The normalized spacial score (nSPS) is 16.7. The number of hydrogen-bond acceptors (Lipinski definition) is 8. The molecule has 1 N–H and O–H groups in total. The number of anilines is 1. The zero-order valence-electron chi connectivity index (χ0n) is 21.6. The summed E-state index contributed by atoms with van der Waals surface area (Å²) in [6.07, 6.45) is 0. The average molecular weight is 534 g/mol. The van der Waals surface area contributed by atoms with E-state index in [1.165, 1.54) is 25.6 Å². The van der Waals surface area contributed by atoms with Gasteiger partial charge in [-0.25, -0.2) is 4.98 Å². The van der Waals surface area contributed by atoms with Crippen LogP contribution in [0.5, 0.6) is 23.0 Å². The molecule has 1 aromatic heterocycles. The van der Waals surface area contributed by atoms with Crippen molar-refractivity contribution in [2.45, 2.75) is 12.0 Å². The maximum Gasteiger partial charge on any atom is 0.254 e. The topological polar surface area (TPSA) is 99.2 Å². The molecule has 0 aliphatic carbocycles. The fourth-order valence-corrected chi connectivity index (χ4v) is 5.71. The molecule has 9 nitrogen and oxygen atoms in total. The first-order valence-electron chi connectivity index (χ1n) is 11.8. The Kier molecular flexibility index (Phi) is 6.81. The predicted molar refractivity (Wildman–Crippen MR) is 145 cm³/mol. The molecule has 2 heterocycles. The first kappa shape index (κ1) is 25.3. The second-order valence-corrected chi connectivity index (χ2v) is 9.78. The molecule has 5 rings (SSSR count). The van der Waals surface area contributed by atoms with Gasteiger partial charge in [-0.2, -0.15) is 0 Å². The Hall–Kier alpha value is -4.31. The Labute approximate surface area is 223 Å². The number of carbonyl (C=O) groups is 2. The summed E-state index contributed by atoms with van der Waals surface area (Å²) in [7, 11) is 7.91. The third-order valence-corrected chi connectivity index (χ3v) is 7.67. The quantitative estimate of drug-likeness (QED) is 0.362. The van der Waals surface area contributed by atoms with Gasteiger partial charge >= 0.3 is 0 Å². The average Bonchev–Trinajstić information content (AvgIpc) is 3.35. The number of nitrogens with one attached hydrogen (secondary N) is 1. The smallest absolute Gasteiger partial charge is 0.254 e. The first-order valence-corrected chi connectivity index (χ1v) is 12.6. The number of amides is 2. The number of rotatable bonds is 7. The van der Waals surface area contributed by atoms with Crippen molar-refractivity contribution in [2.24, 2.45) is 0 Å². The molecule has 10 heteroatoms. The predicted octanol–water partition coefficient (Wildman–Crippen LogP) is 4.88. The van der Waals surface area contributed by atoms with Crippen molar-refractivity contribution in [3.8, 4) is 23.0 Å². The number of fused-ring (bicyclic) bond motifs is 2. The van der Waals surface area contributed by atoms with Gasteiger partial charge in [0.05, 0.1) is 50.6 Å². The molecule has 2 atom stereocenters. The highest BCUT2D eigenvalue weighted by Crippen LogP contribution is 2.46. The molecule has 1 aliphatic heterocycles. The summed E-state index contributed by atoms with van der Waals surface area (Å²) in [6.45, 7) is 0. The minimum Gasteiger partial charge on any atom is -0.497 e. The van der Waals surface area contributed by atoms with E-state index in [2.05, 4.69) is 10.3 Å². The molecule has 2 unspecified atom stereocenters. The second-order valence-electron chi connectivity index (χ2n) is 8.75. The van der Waals surface area contributed by atoms with E-state index in [-0.39, 0.29) is 11.8 Å². The Bertz CT molecular complexity index is 1520. The van der Waals surface area contributed by atoms with Crippen molar-refractivity contribution in [1.29, 1.82) is 0 Å². The van der Waals surface area contributed by atoms with Crippen LogP contribution in [-0.4, -0.2) is 57.2 Å². The lowest BCUT2D eigenvalue weighted by Gasteiger charge is -2.40. The Morgan fingerprint density at radius 1 is 0.895 bits per heavy atom. The lowest BCUT2D eigenvalue weighted by molar-refractivity contribution is -0.119. The molecule has 3 aromatic carbocycles. The third-order valence-electron chi connectivity index (χ3n) is 6.74. The van der Waals surface area contributed by atoms with Crippen LogP contribution in [0.1, 0.15) is 33.4 Å². The van der Waals surface area contributed by atoms with Crippen LogP contribution in [0.2, 0.25) is 0 Å². The minimum absolute atomic E-state index is 0.224. The number of ether oxygens (including phenoxy) is 4. The highest BCUT2D eigenvalue weighted by Gasteiger charge is 2.44. The van der Waals surface area contributed by atoms with E-state index in [0.717, 1.165) is 15.8 Å². The number of likely N-dealkylation sites (N-methyl/N-ethyl adjacent to an activating group) is 1. The number of aromatic nitrogens is 1. The van der Waals surface area contributed by atoms with Crippen LogP contribution >= 0.6 is 11.3 Å². The molecular formula is C28H27N3O6S. The molecule has 0 bridgehead atoms. The van der Waals surface area contributed by atoms with Crippen LogP contribution in [0.15, 0.2) is 54.6 Å². The number of methoxy groups -OCH3 is 4. The van der Waals surface area contributed by atoms with Crippen LogP contribution < -0.4 is 24.3 Å². The summed E-state index contributed by atoms with van der Waals surface area (Å²) in [4.78, 5) is 33.8. The van der Waals surface area contributed by atoms with Gasteiger partial charge < -0.3 is 29.2 Å². The van der Waals surface area contributed by atoms with Gasteiger partial charge in [0.25, 0.3) is 5.91 Å². The van der Waals surface area contributed by atoms with Crippen molar-refractivity contribution in [3.63, 3.8) is 0 Å². The van der Waals surface area contributed by atoms with Gasteiger partial charge in [-0.3, -0.25) is 9.59 Å². The van der Waals surface area contributed by atoms with Crippen LogP contribution in [0.25, 0.3) is 10.2 Å². The van der Waals surface area contributed by atoms with E-state index in [1.807, 2.05) is 42.5 Å². The van der Waals surface area contributed by atoms with Gasteiger partial charge in [-0.1, -0.05) is 23.5 Å². The van der Waals surface area contributed by atoms with Gasteiger partial charge in [0, 0.05) is 12.6 Å². The molecule has 0 saturated carbocycles. The molecule has 0 saturated heterocycles. The van der Waals surface area contributed by atoms with Crippen molar-refractivity contribution in [1.82, 2.24) is 9.88 Å². The van der Waals surface area contributed by atoms with Gasteiger partial charge in [-0.05, 0) is 53.6 Å². The fraction of sp³-hybridized carbons (Fsp3) is 0.250. The zero-order chi connectivity index (χ0) is 27.0. The van der Waals surface area contributed by atoms with E-state index in [1.54, 1.807) is 38.3 Å². The molecule has 1 aliphatic rings. The summed E-state index contributed by atoms with van der Waals surface area (Å²) in [5, 5.41) is 3.45. The Morgan fingerprint density at radius 2 is 1.55 bits per heavy atom. The highest BCUT2D eigenvalue weighted by molar-refractivity contribution is 7.22. The second kappa shape index (κ2) is 10.2. The molecule has 0 fully saturated rings. The third kappa shape index (κ3) is 4.37. The molecule has 0 radical (unpaired) electrons. The van der Waals surface area contributed by atoms with Gasteiger partial charge in [0.2, 0.25) is 5.91 Å². The van der Waals surface area contributed by atoms with Crippen LogP contribution in [0.3, 0.4) is 0 Å². The zero-order valence-corrected chi connectivity index (χ0v) is 22.4. The van der Waals surface area contributed by atoms with E-state index < -0.39 is 12.0 Å². The molecule has 2 amide bonds. The van der Waals surface area contributed by atoms with Gasteiger partial charge in [0.15, 0.2) is 16.6 Å². The molecular weight excluding hydrogens is 506 g/mol. The lowest BCUT2D eigenvalue weighted by atomic mass is 9.79. The van der Waals surface area contributed by atoms with Crippen molar-refractivity contribution in [2.75, 3.05) is 40.8 Å². The van der Waals surface area contributed by atoms with E-state index in [9.17, 15) is 9.59 Å². The Morgan fingerprint density at radius 3 is 2.21 bits per heavy atom. The van der Waals surface area contributed by atoms with Crippen molar-refractivity contribution >= 4 is 38.5 Å². The van der Waals surface area contributed by atoms with Gasteiger partial charge in [-0.15, -0.1) is 0 Å². The molecule has 38 heavy (non-hydrogen) atoms. The maximum atomic E-state index is 14.0. The molecule has 196 valence electrons. The summed E-state index contributed by atoms with van der Waals surface area (Å²) in [5.41, 5.74) is 2.47. The number of nitrogens with zero attached hydrogens (tertiary/aromatic N) is 2. The minimum atomic E-state index is -0.762. The Balaban J connectivity index is 1.62. The number of hydrogen-bond donors (Lipinski definition) is 1. The van der Waals surface area contributed by atoms with Crippen LogP contribution in [0, 0.1) is 0 Å². The van der Waals surface area contributed by atoms with E-state index >= 15 is 0 Å². The summed E-state index contributed by atoms with van der Waals surface area (Å²) >= 11 is 1.35. The van der Waals surface area contributed by atoms with E-state index in [4.69, 9.17) is 18.9 Å². The fourth-order valence-electron chi connectivity index (χ4n) is 4.82. The monoisotopic (exact) mass is 533 g/mol. The SMILES string of the molecule is COc1ccc(C2C(C(=O)Nc3nc4ccc(OC)cc4s3)c3cc(OC)c(OC)cc3C(=O)N2C)cc1. The van der Waals surface area contributed by atoms with Crippen LogP contribution in [0.4, 0.5) is 5.13 Å². The summed E-state index contributed by atoms with van der Waals surface area (Å²) < 4.78 is 22.5. The first-order chi connectivity index (χ1) is 18.4. The van der Waals surface area contributed by atoms with Crippen molar-refractivity contribution in [3.05, 3.63) is 71.3 Å². The molecule has 0 spiro atoms. The lowest BCUT2D eigenvalue weighted by Crippen LogP contribution is -2.44. The van der Waals surface area contributed by atoms with Crippen LogP contribution in [-0.2, 0) is 4.79 Å². The largest absolute Gasteiger partial charge is 0.497 e.